The van der Waals surface area contributed by atoms with E-state index in [1.165, 1.54) is 0 Å². The highest BCUT2D eigenvalue weighted by atomic mass is 35.5. The Bertz CT molecular complexity index is 404. The lowest BCUT2D eigenvalue weighted by molar-refractivity contribution is 0.616. The van der Waals surface area contributed by atoms with Crippen LogP contribution in [0.15, 0.2) is 18.2 Å². The monoisotopic (exact) mass is 253 g/mol. The summed E-state index contributed by atoms with van der Waals surface area (Å²) in [5.74, 6) is 0.00538. The quantitative estimate of drug-likeness (QED) is 0.625. The Morgan fingerprint density at radius 3 is 2.65 bits per heavy atom. The van der Waals surface area contributed by atoms with E-state index < -0.39 is 0 Å². The molecule has 0 aromatic heterocycles. The van der Waals surface area contributed by atoms with Crippen molar-refractivity contribution >= 4 is 23.1 Å². The Balaban J connectivity index is 2.93. The van der Waals surface area contributed by atoms with Crippen molar-refractivity contribution in [1.29, 1.82) is 5.41 Å². The van der Waals surface area contributed by atoms with Gasteiger partial charge in [0.15, 0.2) is 0 Å². The van der Waals surface area contributed by atoms with Crippen molar-refractivity contribution in [3.63, 3.8) is 0 Å². The molecule has 0 bridgehead atoms. The Hall–Kier alpha value is -1.22. The molecule has 1 aromatic rings. The SMILES string of the molecule is CCCC(C)N(C)c1ccc(C(=N)N)c(Cl)c1. The van der Waals surface area contributed by atoms with Gasteiger partial charge in [0.05, 0.1) is 5.02 Å². The van der Waals surface area contributed by atoms with Gasteiger partial charge in [0.1, 0.15) is 5.84 Å². The molecule has 0 saturated heterocycles. The van der Waals surface area contributed by atoms with Crippen LogP contribution in [0, 0.1) is 5.41 Å². The van der Waals surface area contributed by atoms with Crippen molar-refractivity contribution in [3.05, 3.63) is 28.8 Å². The molecule has 3 nitrogen and oxygen atoms in total. The lowest BCUT2D eigenvalue weighted by atomic mass is 10.1. The first-order valence-electron chi connectivity index (χ1n) is 5.84. The molecule has 0 spiro atoms. The molecule has 3 N–H and O–H groups in total. The predicted octanol–water partition coefficient (Wildman–Crippen LogP) is 3.25. The van der Waals surface area contributed by atoms with Crippen molar-refractivity contribution in [2.45, 2.75) is 32.7 Å². The fourth-order valence-corrected chi connectivity index (χ4v) is 2.08. The van der Waals surface area contributed by atoms with E-state index in [4.69, 9.17) is 22.7 Å². The third kappa shape index (κ3) is 3.37. The summed E-state index contributed by atoms with van der Waals surface area (Å²) in [7, 11) is 2.05. The normalized spacial score (nSPS) is 12.2. The minimum Gasteiger partial charge on any atom is -0.384 e. The second-order valence-corrected chi connectivity index (χ2v) is 4.73. The highest BCUT2D eigenvalue weighted by molar-refractivity contribution is 6.34. The second kappa shape index (κ2) is 5.92. The van der Waals surface area contributed by atoms with Crippen LogP contribution in [0.25, 0.3) is 0 Å². The Kier molecular flexibility index (Phi) is 4.82. The average Bonchev–Trinajstić information content (AvgIpc) is 2.27. The smallest absolute Gasteiger partial charge is 0.124 e. The first-order chi connectivity index (χ1) is 7.97. The van der Waals surface area contributed by atoms with Crippen LogP contribution in [-0.2, 0) is 0 Å². The van der Waals surface area contributed by atoms with Crippen molar-refractivity contribution in [2.24, 2.45) is 5.73 Å². The van der Waals surface area contributed by atoms with Crippen LogP contribution in [0.4, 0.5) is 5.69 Å². The molecule has 0 aliphatic heterocycles. The third-order valence-electron chi connectivity index (χ3n) is 3.02. The number of nitrogen functional groups attached to an aromatic ring is 1. The van der Waals surface area contributed by atoms with E-state index in [9.17, 15) is 0 Å². The minimum absolute atomic E-state index is 0.00538. The van der Waals surface area contributed by atoms with Crippen LogP contribution >= 0.6 is 11.6 Å². The number of benzene rings is 1. The van der Waals surface area contributed by atoms with E-state index in [0.29, 0.717) is 16.6 Å². The molecule has 94 valence electrons. The van der Waals surface area contributed by atoms with E-state index >= 15 is 0 Å². The van der Waals surface area contributed by atoms with Gasteiger partial charge in [-0.3, -0.25) is 5.41 Å². The summed E-state index contributed by atoms with van der Waals surface area (Å²) in [6.07, 6.45) is 2.30. The van der Waals surface area contributed by atoms with E-state index in [0.717, 1.165) is 18.5 Å². The van der Waals surface area contributed by atoms with Crippen molar-refractivity contribution < 1.29 is 0 Å². The Morgan fingerprint density at radius 1 is 1.53 bits per heavy atom. The van der Waals surface area contributed by atoms with Gasteiger partial charge in [-0.05, 0) is 31.5 Å². The first kappa shape index (κ1) is 13.8. The summed E-state index contributed by atoms with van der Waals surface area (Å²) in [6, 6.07) is 6.09. The average molecular weight is 254 g/mol. The van der Waals surface area contributed by atoms with Gasteiger partial charge in [0.25, 0.3) is 0 Å². The molecule has 0 amide bonds. The van der Waals surface area contributed by atoms with Gasteiger partial charge in [0.2, 0.25) is 0 Å². The molecule has 1 unspecified atom stereocenters. The maximum absolute atomic E-state index is 7.38. The van der Waals surface area contributed by atoms with E-state index in [1.54, 1.807) is 6.07 Å². The number of nitrogens with one attached hydrogen (secondary N) is 1. The van der Waals surface area contributed by atoms with Crippen LogP contribution in [0.3, 0.4) is 0 Å². The Morgan fingerprint density at radius 2 is 2.18 bits per heavy atom. The highest BCUT2D eigenvalue weighted by Gasteiger charge is 2.11. The van der Waals surface area contributed by atoms with Crippen LogP contribution < -0.4 is 10.6 Å². The molecule has 0 radical (unpaired) electrons. The highest BCUT2D eigenvalue weighted by Crippen LogP contribution is 2.24. The summed E-state index contributed by atoms with van der Waals surface area (Å²) in [5.41, 5.74) is 7.08. The molecule has 0 heterocycles. The number of halogens is 1. The molecule has 0 aliphatic carbocycles. The van der Waals surface area contributed by atoms with Crippen molar-refractivity contribution in [2.75, 3.05) is 11.9 Å². The minimum atomic E-state index is 0.00538. The fraction of sp³-hybridized carbons (Fsp3) is 0.462. The van der Waals surface area contributed by atoms with Crippen LogP contribution in [0.5, 0.6) is 0 Å². The van der Waals surface area contributed by atoms with Gasteiger partial charge in [-0.2, -0.15) is 0 Å². The number of rotatable bonds is 5. The molecule has 4 heteroatoms. The van der Waals surface area contributed by atoms with Gasteiger partial charge in [-0.15, -0.1) is 0 Å². The molecule has 17 heavy (non-hydrogen) atoms. The van der Waals surface area contributed by atoms with Crippen LogP contribution in [0.2, 0.25) is 5.02 Å². The number of amidine groups is 1. The van der Waals surface area contributed by atoms with Crippen molar-refractivity contribution in [1.82, 2.24) is 0 Å². The molecule has 1 aromatic carbocycles. The fourth-order valence-electron chi connectivity index (χ4n) is 1.81. The number of nitrogens with two attached hydrogens (primary N) is 1. The number of hydrogen-bond acceptors (Lipinski definition) is 2. The maximum atomic E-state index is 7.38. The van der Waals surface area contributed by atoms with Crippen molar-refractivity contribution in [3.8, 4) is 0 Å². The summed E-state index contributed by atoms with van der Waals surface area (Å²) in [6.45, 7) is 4.37. The lowest BCUT2D eigenvalue weighted by Gasteiger charge is -2.27. The lowest BCUT2D eigenvalue weighted by Crippen LogP contribution is -2.28. The van der Waals surface area contributed by atoms with Gasteiger partial charge in [-0.1, -0.05) is 24.9 Å². The topological polar surface area (TPSA) is 53.1 Å². The standard InChI is InChI=1S/C13H20ClN3/c1-4-5-9(2)17(3)10-6-7-11(13(15)16)12(14)8-10/h6-9H,4-5H2,1-3H3,(H3,15,16). The largest absolute Gasteiger partial charge is 0.384 e. The Labute approximate surface area is 108 Å². The van der Waals surface area contributed by atoms with Gasteiger partial charge in [0, 0.05) is 24.3 Å². The molecule has 0 aliphatic rings. The van der Waals surface area contributed by atoms with E-state index in [2.05, 4.69) is 25.8 Å². The molecular formula is C13H20ClN3. The third-order valence-corrected chi connectivity index (χ3v) is 3.33. The zero-order chi connectivity index (χ0) is 13.0. The van der Waals surface area contributed by atoms with Gasteiger partial charge >= 0.3 is 0 Å². The van der Waals surface area contributed by atoms with E-state index in [-0.39, 0.29) is 5.84 Å². The zero-order valence-corrected chi connectivity index (χ0v) is 11.4. The summed E-state index contributed by atoms with van der Waals surface area (Å²) >= 11 is 6.10. The molecular weight excluding hydrogens is 234 g/mol. The predicted molar refractivity (Wildman–Crippen MR) is 75.2 cm³/mol. The van der Waals surface area contributed by atoms with Crippen LogP contribution in [0.1, 0.15) is 32.3 Å². The number of anilines is 1. The second-order valence-electron chi connectivity index (χ2n) is 4.33. The summed E-state index contributed by atoms with van der Waals surface area (Å²) in [4.78, 5) is 2.19. The number of nitrogens with zero attached hydrogens (tertiary/aromatic N) is 1. The molecule has 0 saturated carbocycles. The van der Waals surface area contributed by atoms with E-state index in [1.807, 2.05) is 12.1 Å². The van der Waals surface area contributed by atoms with Gasteiger partial charge in [-0.25, -0.2) is 0 Å². The summed E-state index contributed by atoms with van der Waals surface area (Å²) in [5, 5.41) is 7.92. The van der Waals surface area contributed by atoms with Crippen LogP contribution in [-0.4, -0.2) is 18.9 Å². The molecule has 0 fully saturated rings. The maximum Gasteiger partial charge on any atom is 0.124 e. The first-order valence-corrected chi connectivity index (χ1v) is 6.22. The summed E-state index contributed by atoms with van der Waals surface area (Å²) < 4.78 is 0. The van der Waals surface area contributed by atoms with Gasteiger partial charge < -0.3 is 10.6 Å². The number of hydrogen-bond donors (Lipinski definition) is 2. The zero-order valence-electron chi connectivity index (χ0n) is 10.6. The molecule has 1 rings (SSSR count). The molecule has 1 atom stereocenters.